The highest BCUT2D eigenvalue weighted by atomic mass is 16.2. The molecule has 0 spiro atoms. The van der Waals surface area contributed by atoms with Gasteiger partial charge >= 0.3 is 0 Å². The lowest BCUT2D eigenvalue weighted by Crippen LogP contribution is -2.25. The molecule has 0 saturated heterocycles. The number of amides is 2. The lowest BCUT2D eigenvalue weighted by Gasteiger charge is -2.06. The van der Waals surface area contributed by atoms with E-state index >= 15 is 0 Å². The highest BCUT2D eigenvalue weighted by Crippen LogP contribution is 2.19. The van der Waals surface area contributed by atoms with Gasteiger partial charge < -0.3 is 10.6 Å². The van der Waals surface area contributed by atoms with Gasteiger partial charge in [-0.25, -0.2) is 0 Å². The van der Waals surface area contributed by atoms with E-state index in [1.165, 1.54) is 6.92 Å². The van der Waals surface area contributed by atoms with E-state index < -0.39 is 0 Å². The molecule has 1 saturated carbocycles. The van der Waals surface area contributed by atoms with E-state index in [0.717, 1.165) is 12.8 Å². The molecule has 1 aromatic rings. The molecule has 5 heteroatoms. The summed E-state index contributed by atoms with van der Waals surface area (Å²) in [7, 11) is 0. The normalized spacial score (nSPS) is 13.7. The van der Waals surface area contributed by atoms with Crippen LogP contribution in [0.25, 0.3) is 0 Å². The summed E-state index contributed by atoms with van der Waals surface area (Å²) in [6, 6.07) is 6.93. The fraction of sp³-hybridized carbons (Fsp3) is 0.357. The van der Waals surface area contributed by atoms with Gasteiger partial charge in [0.1, 0.15) is 5.78 Å². The molecule has 5 nitrogen and oxygen atoms in total. The number of ketones is 1. The summed E-state index contributed by atoms with van der Waals surface area (Å²) in [5.41, 5.74) is 1.14. The zero-order valence-electron chi connectivity index (χ0n) is 10.7. The Kier molecular flexibility index (Phi) is 3.94. The quantitative estimate of drug-likeness (QED) is 0.788. The fourth-order valence-electron chi connectivity index (χ4n) is 1.63. The van der Waals surface area contributed by atoms with Crippen LogP contribution >= 0.6 is 0 Å². The Morgan fingerprint density at radius 1 is 1.16 bits per heavy atom. The van der Waals surface area contributed by atoms with Crippen molar-refractivity contribution in [1.29, 1.82) is 0 Å². The molecule has 0 atom stereocenters. The standard InChI is InChI=1S/C14H16N2O3/c1-9(17)8-13(18)15-11-4-2-10(3-5-11)14(19)16-12-6-7-12/h2-5,12H,6-8H2,1H3,(H,15,18)(H,16,19). The number of Topliss-reactive ketones (excluding diaryl/α,β-unsaturated/α-hetero) is 1. The first-order valence-electron chi connectivity index (χ1n) is 6.25. The number of carbonyl (C=O) groups is 3. The van der Waals surface area contributed by atoms with Crippen LogP contribution in [0.1, 0.15) is 36.5 Å². The van der Waals surface area contributed by atoms with Gasteiger partial charge in [-0.15, -0.1) is 0 Å². The van der Waals surface area contributed by atoms with Crippen molar-refractivity contribution in [3.8, 4) is 0 Å². The maximum Gasteiger partial charge on any atom is 0.251 e. The van der Waals surface area contributed by atoms with Gasteiger partial charge in [-0.05, 0) is 44.0 Å². The molecule has 0 aromatic heterocycles. The Labute approximate surface area is 111 Å². The van der Waals surface area contributed by atoms with Crippen molar-refractivity contribution < 1.29 is 14.4 Å². The lowest BCUT2D eigenvalue weighted by molar-refractivity contribution is -0.124. The number of hydrogen-bond acceptors (Lipinski definition) is 3. The van der Waals surface area contributed by atoms with Crippen LogP contribution in [0.15, 0.2) is 24.3 Å². The zero-order valence-corrected chi connectivity index (χ0v) is 10.7. The minimum Gasteiger partial charge on any atom is -0.349 e. The molecule has 19 heavy (non-hydrogen) atoms. The summed E-state index contributed by atoms with van der Waals surface area (Å²) in [6.07, 6.45) is 1.96. The molecule has 1 aromatic carbocycles. The second-order valence-corrected chi connectivity index (χ2v) is 4.75. The molecule has 0 unspecified atom stereocenters. The molecule has 0 aliphatic heterocycles. The second-order valence-electron chi connectivity index (χ2n) is 4.75. The molecule has 2 rings (SSSR count). The number of benzene rings is 1. The summed E-state index contributed by atoms with van der Waals surface area (Å²) in [6.45, 7) is 1.37. The van der Waals surface area contributed by atoms with Crippen LogP contribution < -0.4 is 10.6 Å². The van der Waals surface area contributed by atoms with Gasteiger partial charge in [-0.3, -0.25) is 14.4 Å². The fourth-order valence-corrected chi connectivity index (χ4v) is 1.63. The maximum atomic E-state index is 11.7. The molecule has 2 amide bonds. The molecule has 0 bridgehead atoms. The predicted molar refractivity (Wildman–Crippen MR) is 70.9 cm³/mol. The van der Waals surface area contributed by atoms with Gasteiger partial charge in [0.2, 0.25) is 5.91 Å². The number of anilines is 1. The summed E-state index contributed by atoms with van der Waals surface area (Å²) < 4.78 is 0. The van der Waals surface area contributed by atoms with E-state index in [1.54, 1.807) is 24.3 Å². The van der Waals surface area contributed by atoms with Crippen molar-refractivity contribution in [2.45, 2.75) is 32.2 Å². The molecule has 0 radical (unpaired) electrons. The van der Waals surface area contributed by atoms with Crippen LogP contribution in [-0.4, -0.2) is 23.6 Å². The number of rotatable bonds is 5. The first-order valence-corrected chi connectivity index (χ1v) is 6.25. The monoisotopic (exact) mass is 260 g/mol. The predicted octanol–water partition coefficient (Wildman–Crippen LogP) is 1.50. The average Bonchev–Trinajstić information content (AvgIpc) is 3.12. The van der Waals surface area contributed by atoms with Crippen LogP contribution in [-0.2, 0) is 9.59 Å². The Morgan fingerprint density at radius 3 is 2.32 bits per heavy atom. The zero-order chi connectivity index (χ0) is 13.8. The van der Waals surface area contributed by atoms with E-state index in [2.05, 4.69) is 10.6 Å². The Balaban J connectivity index is 1.91. The third-order valence-corrected chi connectivity index (χ3v) is 2.75. The second kappa shape index (κ2) is 5.65. The van der Waals surface area contributed by atoms with Crippen LogP contribution in [0.5, 0.6) is 0 Å². The molecule has 0 heterocycles. The minimum absolute atomic E-state index is 0.0934. The molecular formula is C14H16N2O3. The molecule has 1 aliphatic rings. The van der Waals surface area contributed by atoms with E-state index in [0.29, 0.717) is 17.3 Å². The van der Waals surface area contributed by atoms with Crippen LogP contribution in [0.2, 0.25) is 0 Å². The molecule has 1 aliphatic carbocycles. The van der Waals surface area contributed by atoms with Crippen LogP contribution in [0.4, 0.5) is 5.69 Å². The largest absolute Gasteiger partial charge is 0.349 e. The SMILES string of the molecule is CC(=O)CC(=O)Nc1ccc(C(=O)NC2CC2)cc1. The van der Waals surface area contributed by atoms with Gasteiger partial charge in [0.25, 0.3) is 5.91 Å². The van der Waals surface area contributed by atoms with E-state index in [1.807, 2.05) is 0 Å². The van der Waals surface area contributed by atoms with E-state index in [9.17, 15) is 14.4 Å². The van der Waals surface area contributed by atoms with Crippen molar-refractivity contribution in [2.75, 3.05) is 5.32 Å². The van der Waals surface area contributed by atoms with Crippen molar-refractivity contribution in [2.24, 2.45) is 0 Å². The Morgan fingerprint density at radius 2 is 1.79 bits per heavy atom. The van der Waals surface area contributed by atoms with Crippen LogP contribution in [0, 0.1) is 0 Å². The molecular weight excluding hydrogens is 244 g/mol. The topological polar surface area (TPSA) is 75.3 Å². The van der Waals surface area contributed by atoms with Crippen molar-refractivity contribution in [3.05, 3.63) is 29.8 Å². The van der Waals surface area contributed by atoms with Gasteiger partial charge in [0.05, 0.1) is 6.42 Å². The molecule has 2 N–H and O–H groups in total. The summed E-state index contributed by atoms with van der Waals surface area (Å²) in [4.78, 5) is 33.9. The van der Waals surface area contributed by atoms with Crippen molar-refractivity contribution in [1.82, 2.24) is 5.32 Å². The third kappa shape index (κ3) is 4.21. The summed E-state index contributed by atoms with van der Waals surface area (Å²) in [5.74, 6) is -0.621. The Hall–Kier alpha value is -2.17. The first kappa shape index (κ1) is 13.3. The average molecular weight is 260 g/mol. The van der Waals surface area contributed by atoms with Crippen LogP contribution in [0.3, 0.4) is 0 Å². The lowest BCUT2D eigenvalue weighted by atomic mass is 10.2. The highest BCUT2D eigenvalue weighted by molar-refractivity contribution is 6.03. The number of nitrogens with one attached hydrogen (secondary N) is 2. The summed E-state index contributed by atoms with van der Waals surface area (Å²) >= 11 is 0. The Bertz CT molecular complexity index is 504. The third-order valence-electron chi connectivity index (χ3n) is 2.75. The maximum absolute atomic E-state index is 11.7. The number of carbonyl (C=O) groups excluding carboxylic acids is 3. The molecule has 1 fully saturated rings. The number of hydrogen-bond donors (Lipinski definition) is 2. The van der Waals surface area contributed by atoms with Gasteiger partial charge in [-0.2, -0.15) is 0 Å². The first-order chi connectivity index (χ1) is 9.04. The van der Waals surface area contributed by atoms with Gasteiger partial charge in [0, 0.05) is 17.3 Å². The van der Waals surface area contributed by atoms with Crippen molar-refractivity contribution in [3.63, 3.8) is 0 Å². The highest BCUT2D eigenvalue weighted by Gasteiger charge is 2.23. The van der Waals surface area contributed by atoms with E-state index in [-0.39, 0.29) is 24.0 Å². The van der Waals surface area contributed by atoms with E-state index in [4.69, 9.17) is 0 Å². The molecule has 100 valence electrons. The van der Waals surface area contributed by atoms with Crippen molar-refractivity contribution >= 4 is 23.3 Å². The minimum atomic E-state index is -0.345. The summed E-state index contributed by atoms with van der Waals surface area (Å²) in [5, 5.41) is 5.49. The smallest absolute Gasteiger partial charge is 0.251 e. The van der Waals surface area contributed by atoms with Gasteiger partial charge in [-0.1, -0.05) is 0 Å². The van der Waals surface area contributed by atoms with Gasteiger partial charge in [0.15, 0.2) is 0 Å².